The van der Waals surface area contributed by atoms with Gasteiger partial charge in [0.15, 0.2) is 0 Å². The summed E-state index contributed by atoms with van der Waals surface area (Å²) in [5.41, 5.74) is 5.25. The highest BCUT2D eigenvalue weighted by Gasteiger charge is 2.23. The van der Waals surface area contributed by atoms with Crippen LogP contribution in [0.3, 0.4) is 0 Å². The lowest BCUT2D eigenvalue weighted by Crippen LogP contribution is -2.42. The molecular weight excluding hydrogens is 440 g/mol. The third-order valence-electron chi connectivity index (χ3n) is 4.33. The lowest BCUT2D eigenvalue weighted by molar-refractivity contribution is 0.0844. The molecule has 0 saturated carbocycles. The summed E-state index contributed by atoms with van der Waals surface area (Å²) < 4.78 is 27.1. The number of nitrogens with one attached hydrogen (secondary N) is 2. The molecule has 3 rings (SSSR count). The molecule has 0 radical (unpaired) electrons. The SMILES string of the molecule is CN(Cc1ccccc1)S(=O)(=O)c1ccc(Cl)c(C(=O)NNC(=O)c2ccccn2)c1. The van der Waals surface area contributed by atoms with E-state index in [4.69, 9.17) is 11.6 Å². The number of pyridine rings is 1. The minimum absolute atomic E-state index is 0.0363. The van der Waals surface area contributed by atoms with Gasteiger partial charge in [0.2, 0.25) is 10.0 Å². The molecule has 1 heterocycles. The quantitative estimate of drug-likeness (QED) is 0.552. The molecule has 10 heteroatoms. The molecule has 0 fully saturated rings. The molecule has 0 aliphatic rings. The molecule has 2 amide bonds. The summed E-state index contributed by atoms with van der Waals surface area (Å²) >= 11 is 6.09. The first-order valence-electron chi connectivity index (χ1n) is 9.10. The number of rotatable bonds is 6. The summed E-state index contributed by atoms with van der Waals surface area (Å²) in [5.74, 6) is -1.39. The first-order chi connectivity index (χ1) is 14.8. The fourth-order valence-electron chi connectivity index (χ4n) is 2.69. The van der Waals surface area contributed by atoms with E-state index in [0.717, 1.165) is 5.56 Å². The molecule has 0 spiro atoms. The van der Waals surface area contributed by atoms with Crippen molar-refractivity contribution in [1.29, 1.82) is 0 Å². The van der Waals surface area contributed by atoms with Crippen molar-refractivity contribution in [3.8, 4) is 0 Å². The van der Waals surface area contributed by atoms with Crippen molar-refractivity contribution in [2.24, 2.45) is 0 Å². The number of halogens is 1. The Kier molecular flexibility index (Phi) is 7.01. The zero-order valence-corrected chi connectivity index (χ0v) is 18.0. The smallest absolute Gasteiger partial charge is 0.267 e. The van der Waals surface area contributed by atoms with E-state index in [0.29, 0.717) is 0 Å². The minimum Gasteiger partial charge on any atom is -0.267 e. The fourth-order valence-corrected chi connectivity index (χ4v) is 4.08. The molecule has 2 N–H and O–H groups in total. The van der Waals surface area contributed by atoms with Crippen LogP contribution >= 0.6 is 11.6 Å². The van der Waals surface area contributed by atoms with Gasteiger partial charge in [0, 0.05) is 19.8 Å². The van der Waals surface area contributed by atoms with Crippen LogP contribution in [0.5, 0.6) is 0 Å². The molecule has 0 aliphatic heterocycles. The van der Waals surface area contributed by atoms with Crippen LogP contribution < -0.4 is 10.9 Å². The summed E-state index contributed by atoms with van der Waals surface area (Å²) in [6, 6.07) is 17.7. The molecule has 0 saturated heterocycles. The van der Waals surface area contributed by atoms with Crippen molar-refractivity contribution in [2.75, 3.05) is 7.05 Å². The number of hydrogen-bond donors (Lipinski definition) is 2. The van der Waals surface area contributed by atoms with Crippen LogP contribution in [-0.2, 0) is 16.6 Å². The maximum absolute atomic E-state index is 12.9. The number of benzene rings is 2. The molecule has 8 nitrogen and oxygen atoms in total. The summed E-state index contributed by atoms with van der Waals surface area (Å²) in [5, 5.41) is 0.0363. The summed E-state index contributed by atoms with van der Waals surface area (Å²) in [4.78, 5) is 28.3. The second kappa shape index (κ2) is 9.69. The largest absolute Gasteiger partial charge is 0.288 e. The second-order valence-corrected chi connectivity index (χ2v) is 8.96. The number of nitrogens with zero attached hydrogens (tertiary/aromatic N) is 2. The van der Waals surface area contributed by atoms with Crippen molar-refractivity contribution in [3.63, 3.8) is 0 Å². The maximum Gasteiger partial charge on any atom is 0.288 e. The van der Waals surface area contributed by atoms with Gasteiger partial charge in [-0.3, -0.25) is 25.4 Å². The van der Waals surface area contributed by atoms with E-state index in [1.807, 2.05) is 30.3 Å². The Bertz CT molecular complexity index is 1190. The van der Waals surface area contributed by atoms with Crippen molar-refractivity contribution >= 4 is 33.4 Å². The lowest BCUT2D eigenvalue weighted by atomic mass is 10.2. The van der Waals surface area contributed by atoms with E-state index in [1.165, 1.54) is 41.8 Å². The Balaban J connectivity index is 1.75. The Labute approximate surface area is 184 Å². The van der Waals surface area contributed by atoms with Gasteiger partial charge >= 0.3 is 0 Å². The van der Waals surface area contributed by atoms with Gasteiger partial charge in [-0.2, -0.15) is 4.31 Å². The Morgan fingerprint density at radius 3 is 2.32 bits per heavy atom. The van der Waals surface area contributed by atoms with Gasteiger partial charge in [-0.15, -0.1) is 0 Å². The molecule has 3 aromatic rings. The molecule has 0 atom stereocenters. The van der Waals surface area contributed by atoms with Gasteiger partial charge in [0.25, 0.3) is 11.8 Å². The van der Waals surface area contributed by atoms with Gasteiger partial charge in [-0.1, -0.05) is 48.0 Å². The Hall–Kier alpha value is -3.27. The zero-order chi connectivity index (χ0) is 22.4. The van der Waals surface area contributed by atoms with Crippen LogP contribution in [0.2, 0.25) is 5.02 Å². The van der Waals surface area contributed by atoms with Crippen molar-refractivity contribution in [1.82, 2.24) is 20.1 Å². The van der Waals surface area contributed by atoms with E-state index in [9.17, 15) is 18.0 Å². The van der Waals surface area contributed by atoms with Crippen LogP contribution in [0, 0.1) is 0 Å². The van der Waals surface area contributed by atoms with E-state index < -0.39 is 21.8 Å². The maximum atomic E-state index is 12.9. The highest BCUT2D eigenvalue weighted by Crippen LogP contribution is 2.23. The van der Waals surface area contributed by atoms with Crippen molar-refractivity contribution in [2.45, 2.75) is 11.4 Å². The number of amides is 2. The van der Waals surface area contributed by atoms with Crippen LogP contribution in [-0.4, -0.2) is 36.6 Å². The third kappa shape index (κ3) is 5.46. The van der Waals surface area contributed by atoms with Crippen LogP contribution in [0.1, 0.15) is 26.4 Å². The topological polar surface area (TPSA) is 108 Å². The number of aromatic nitrogens is 1. The van der Waals surface area contributed by atoms with Crippen LogP contribution in [0.15, 0.2) is 77.8 Å². The van der Waals surface area contributed by atoms with Crippen LogP contribution in [0.4, 0.5) is 0 Å². The fraction of sp³-hybridized carbons (Fsp3) is 0.0952. The summed E-state index contributed by atoms with van der Waals surface area (Å²) in [7, 11) is -2.44. The Morgan fingerprint density at radius 1 is 0.968 bits per heavy atom. The zero-order valence-electron chi connectivity index (χ0n) is 16.4. The molecule has 0 bridgehead atoms. The Morgan fingerprint density at radius 2 is 1.65 bits per heavy atom. The molecule has 0 unspecified atom stereocenters. The molecule has 160 valence electrons. The second-order valence-electron chi connectivity index (χ2n) is 6.51. The summed E-state index contributed by atoms with van der Waals surface area (Å²) in [6.07, 6.45) is 1.44. The number of carbonyl (C=O) groups excluding carboxylic acids is 2. The van der Waals surface area contributed by atoms with E-state index in [-0.39, 0.29) is 27.7 Å². The predicted octanol–water partition coefficient (Wildman–Crippen LogP) is 2.63. The predicted molar refractivity (Wildman–Crippen MR) is 116 cm³/mol. The molecular formula is C21H19ClN4O4S. The number of carbonyl (C=O) groups is 2. The number of sulfonamides is 1. The summed E-state index contributed by atoms with van der Waals surface area (Å²) in [6.45, 7) is 0.160. The third-order valence-corrected chi connectivity index (χ3v) is 6.45. The van der Waals surface area contributed by atoms with E-state index in [1.54, 1.807) is 12.1 Å². The van der Waals surface area contributed by atoms with Gasteiger partial charge in [-0.25, -0.2) is 8.42 Å². The average molecular weight is 459 g/mol. The molecule has 31 heavy (non-hydrogen) atoms. The molecule has 0 aliphatic carbocycles. The average Bonchev–Trinajstić information content (AvgIpc) is 2.78. The van der Waals surface area contributed by atoms with Gasteiger partial charge < -0.3 is 0 Å². The monoisotopic (exact) mass is 458 g/mol. The van der Waals surface area contributed by atoms with Crippen LogP contribution in [0.25, 0.3) is 0 Å². The normalized spacial score (nSPS) is 11.2. The van der Waals surface area contributed by atoms with Crippen molar-refractivity contribution < 1.29 is 18.0 Å². The lowest BCUT2D eigenvalue weighted by Gasteiger charge is -2.18. The standard InChI is InChI=1S/C21H19ClN4O4S/c1-26(14-15-7-3-2-4-8-15)31(29,30)16-10-11-18(22)17(13-16)20(27)24-25-21(28)19-9-5-6-12-23-19/h2-13H,14H2,1H3,(H,24,27)(H,25,28). The number of hydrogen-bond acceptors (Lipinski definition) is 5. The molecule has 2 aromatic carbocycles. The highest BCUT2D eigenvalue weighted by molar-refractivity contribution is 7.89. The van der Waals surface area contributed by atoms with Crippen molar-refractivity contribution in [3.05, 3.63) is 94.8 Å². The number of hydrazine groups is 1. The van der Waals surface area contributed by atoms with Gasteiger partial charge in [0.1, 0.15) is 5.69 Å². The first kappa shape index (κ1) is 22.4. The molecule has 1 aromatic heterocycles. The van der Waals surface area contributed by atoms with Gasteiger partial charge in [-0.05, 0) is 35.9 Å². The van der Waals surface area contributed by atoms with Gasteiger partial charge in [0.05, 0.1) is 15.5 Å². The first-order valence-corrected chi connectivity index (χ1v) is 10.9. The highest BCUT2D eigenvalue weighted by atomic mass is 35.5. The van der Waals surface area contributed by atoms with E-state index in [2.05, 4.69) is 15.8 Å². The van der Waals surface area contributed by atoms with E-state index >= 15 is 0 Å². The minimum atomic E-state index is -3.89.